The minimum absolute atomic E-state index is 0.157. The summed E-state index contributed by atoms with van der Waals surface area (Å²) in [5.74, 6) is 6.47. The molecular weight excluding hydrogens is 214 g/mol. The molecule has 0 spiro atoms. The van der Waals surface area contributed by atoms with Crippen LogP contribution >= 0.6 is 11.6 Å². The standard InChI is InChI=1S/C10H10ClN3O/c1-3-4-5-12-10-8(6-15)9(11)13-7(2)14-10/h6H,5H2,1-2H3,(H,12,13,14). The maximum absolute atomic E-state index is 10.8. The molecule has 0 aliphatic carbocycles. The van der Waals surface area contributed by atoms with E-state index in [0.29, 0.717) is 24.5 Å². The first-order valence-corrected chi connectivity index (χ1v) is 4.69. The molecule has 0 aromatic carbocycles. The summed E-state index contributed by atoms with van der Waals surface area (Å²) >= 11 is 5.79. The third kappa shape index (κ3) is 2.93. The molecule has 0 fully saturated rings. The summed E-state index contributed by atoms with van der Waals surface area (Å²) in [5, 5.41) is 3.06. The molecule has 4 nitrogen and oxygen atoms in total. The largest absolute Gasteiger partial charge is 0.358 e. The molecule has 0 unspecified atom stereocenters. The van der Waals surface area contributed by atoms with Crippen LogP contribution in [0.25, 0.3) is 0 Å². The molecule has 5 heteroatoms. The lowest BCUT2D eigenvalue weighted by molar-refractivity contribution is 0.112. The Kier molecular flexibility index (Phi) is 4.07. The van der Waals surface area contributed by atoms with Crippen LogP contribution in [-0.4, -0.2) is 22.8 Å². The first-order valence-electron chi connectivity index (χ1n) is 4.31. The van der Waals surface area contributed by atoms with Crippen molar-refractivity contribution in [2.24, 2.45) is 0 Å². The van der Waals surface area contributed by atoms with E-state index in [2.05, 4.69) is 27.1 Å². The van der Waals surface area contributed by atoms with Gasteiger partial charge in [-0.2, -0.15) is 0 Å². The molecule has 0 radical (unpaired) electrons. The zero-order chi connectivity index (χ0) is 11.3. The van der Waals surface area contributed by atoms with Crippen molar-refractivity contribution in [3.63, 3.8) is 0 Å². The summed E-state index contributed by atoms with van der Waals surface area (Å²) in [7, 11) is 0. The second-order valence-electron chi connectivity index (χ2n) is 2.72. The lowest BCUT2D eigenvalue weighted by Crippen LogP contribution is -2.07. The first kappa shape index (κ1) is 11.5. The molecule has 1 N–H and O–H groups in total. The molecule has 78 valence electrons. The Balaban J connectivity index is 3.01. The zero-order valence-corrected chi connectivity index (χ0v) is 9.22. The average molecular weight is 224 g/mol. The van der Waals surface area contributed by atoms with Crippen molar-refractivity contribution >= 4 is 23.7 Å². The minimum atomic E-state index is 0.157. The van der Waals surface area contributed by atoms with Crippen LogP contribution in [0.4, 0.5) is 5.82 Å². The number of nitrogens with zero attached hydrogens (tertiary/aromatic N) is 2. The molecule has 0 aliphatic heterocycles. The number of carbonyl (C=O) groups is 1. The summed E-state index contributed by atoms with van der Waals surface area (Å²) in [6, 6.07) is 0. The molecule has 0 saturated heterocycles. The second-order valence-corrected chi connectivity index (χ2v) is 3.08. The van der Waals surface area contributed by atoms with Crippen molar-refractivity contribution in [3.8, 4) is 11.8 Å². The highest BCUT2D eigenvalue weighted by atomic mass is 35.5. The van der Waals surface area contributed by atoms with Gasteiger partial charge in [-0.25, -0.2) is 9.97 Å². The number of aromatic nitrogens is 2. The van der Waals surface area contributed by atoms with E-state index in [1.165, 1.54) is 0 Å². The van der Waals surface area contributed by atoms with Gasteiger partial charge in [0.2, 0.25) is 0 Å². The van der Waals surface area contributed by atoms with Gasteiger partial charge in [0, 0.05) is 0 Å². The summed E-state index contributed by atoms with van der Waals surface area (Å²) in [6.45, 7) is 3.86. The van der Waals surface area contributed by atoms with E-state index in [-0.39, 0.29) is 10.7 Å². The average Bonchev–Trinajstić information content (AvgIpc) is 2.17. The number of rotatable bonds is 3. The van der Waals surface area contributed by atoms with Gasteiger partial charge in [0.15, 0.2) is 6.29 Å². The van der Waals surface area contributed by atoms with Gasteiger partial charge in [-0.05, 0) is 13.8 Å². The molecular formula is C10H10ClN3O. The predicted molar refractivity (Wildman–Crippen MR) is 59.1 cm³/mol. The van der Waals surface area contributed by atoms with Gasteiger partial charge in [0.05, 0.1) is 12.1 Å². The van der Waals surface area contributed by atoms with Gasteiger partial charge in [-0.3, -0.25) is 4.79 Å². The summed E-state index contributed by atoms with van der Waals surface area (Å²) in [6.07, 6.45) is 0.628. The fraction of sp³-hybridized carbons (Fsp3) is 0.300. The Morgan fingerprint density at radius 3 is 2.87 bits per heavy atom. The summed E-state index contributed by atoms with van der Waals surface area (Å²) < 4.78 is 0. The van der Waals surface area contributed by atoms with Gasteiger partial charge < -0.3 is 5.32 Å². The number of hydrogen-bond acceptors (Lipinski definition) is 4. The van der Waals surface area contributed by atoms with Gasteiger partial charge in [-0.1, -0.05) is 17.5 Å². The van der Waals surface area contributed by atoms with Crippen molar-refractivity contribution in [1.29, 1.82) is 0 Å². The number of anilines is 1. The molecule has 0 saturated carbocycles. The van der Waals surface area contributed by atoms with Crippen molar-refractivity contribution in [2.45, 2.75) is 13.8 Å². The fourth-order valence-corrected chi connectivity index (χ4v) is 1.26. The maximum atomic E-state index is 10.8. The Hall–Kier alpha value is -1.60. The van der Waals surface area contributed by atoms with Gasteiger partial charge in [-0.15, -0.1) is 5.92 Å². The van der Waals surface area contributed by atoms with Crippen LogP contribution < -0.4 is 5.32 Å². The number of halogens is 1. The van der Waals surface area contributed by atoms with E-state index in [9.17, 15) is 4.79 Å². The van der Waals surface area contributed by atoms with Crippen LogP contribution in [0.2, 0.25) is 5.15 Å². The summed E-state index contributed by atoms with van der Waals surface area (Å²) in [4.78, 5) is 18.7. The highest BCUT2D eigenvalue weighted by Crippen LogP contribution is 2.18. The Bertz CT molecular complexity index is 434. The van der Waals surface area contributed by atoms with Crippen molar-refractivity contribution in [1.82, 2.24) is 9.97 Å². The number of nitrogens with one attached hydrogen (secondary N) is 1. The number of aryl methyl sites for hydroxylation is 1. The molecule has 1 heterocycles. The van der Waals surface area contributed by atoms with Crippen molar-refractivity contribution in [3.05, 3.63) is 16.5 Å². The molecule has 0 atom stereocenters. The van der Waals surface area contributed by atoms with Crippen LogP contribution in [0.15, 0.2) is 0 Å². The van der Waals surface area contributed by atoms with Crippen LogP contribution in [0, 0.1) is 18.8 Å². The zero-order valence-electron chi connectivity index (χ0n) is 8.47. The van der Waals surface area contributed by atoms with Gasteiger partial charge in [0.1, 0.15) is 16.8 Å². The first-order chi connectivity index (χ1) is 7.19. The van der Waals surface area contributed by atoms with Crippen LogP contribution in [-0.2, 0) is 0 Å². The van der Waals surface area contributed by atoms with E-state index in [4.69, 9.17) is 11.6 Å². The smallest absolute Gasteiger partial charge is 0.156 e. The van der Waals surface area contributed by atoms with E-state index in [1.807, 2.05) is 0 Å². The fourth-order valence-electron chi connectivity index (χ4n) is 1.00. The van der Waals surface area contributed by atoms with E-state index < -0.39 is 0 Å². The summed E-state index contributed by atoms with van der Waals surface area (Å²) in [5.41, 5.74) is 0.264. The molecule has 1 aromatic rings. The van der Waals surface area contributed by atoms with E-state index >= 15 is 0 Å². The highest BCUT2D eigenvalue weighted by Gasteiger charge is 2.09. The molecule has 0 bridgehead atoms. The van der Waals surface area contributed by atoms with Crippen LogP contribution in [0.1, 0.15) is 23.1 Å². The number of carbonyl (C=O) groups excluding carboxylic acids is 1. The Morgan fingerprint density at radius 2 is 2.27 bits per heavy atom. The normalized spacial score (nSPS) is 9.00. The van der Waals surface area contributed by atoms with Gasteiger partial charge >= 0.3 is 0 Å². The number of aldehydes is 1. The third-order valence-electron chi connectivity index (χ3n) is 1.65. The third-order valence-corrected chi connectivity index (χ3v) is 1.94. The monoisotopic (exact) mass is 223 g/mol. The SMILES string of the molecule is CC#CCNc1nc(C)nc(Cl)c1C=O. The molecule has 0 amide bonds. The Morgan fingerprint density at radius 1 is 1.53 bits per heavy atom. The molecule has 1 aromatic heterocycles. The lowest BCUT2D eigenvalue weighted by Gasteiger charge is -2.06. The molecule has 0 aliphatic rings. The molecule has 15 heavy (non-hydrogen) atoms. The van der Waals surface area contributed by atoms with Crippen LogP contribution in [0.5, 0.6) is 0 Å². The maximum Gasteiger partial charge on any atom is 0.156 e. The van der Waals surface area contributed by atoms with Crippen molar-refractivity contribution < 1.29 is 4.79 Å². The lowest BCUT2D eigenvalue weighted by atomic mass is 10.3. The topological polar surface area (TPSA) is 54.9 Å². The minimum Gasteiger partial charge on any atom is -0.358 e. The van der Waals surface area contributed by atoms with Crippen molar-refractivity contribution in [2.75, 3.05) is 11.9 Å². The van der Waals surface area contributed by atoms with E-state index in [0.717, 1.165) is 0 Å². The predicted octanol–water partition coefficient (Wildman–Crippen LogP) is 1.69. The highest BCUT2D eigenvalue weighted by molar-refractivity contribution is 6.32. The Labute approximate surface area is 93.1 Å². The van der Waals surface area contributed by atoms with Crippen LogP contribution in [0.3, 0.4) is 0 Å². The van der Waals surface area contributed by atoms with Gasteiger partial charge in [0.25, 0.3) is 0 Å². The second kappa shape index (κ2) is 5.32. The number of hydrogen-bond donors (Lipinski definition) is 1. The molecule has 1 rings (SSSR count). The van der Waals surface area contributed by atoms with E-state index in [1.54, 1.807) is 13.8 Å². The quantitative estimate of drug-likeness (QED) is 0.481.